The normalized spacial score (nSPS) is 12.5. The van der Waals surface area contributed by atoms with Crippen LogP contribution in [0.4, 0.5) is 13.2 Å². The standard InChI is InChI=1S/C19H20F3NO4S/c1-26-17-11-10-15(13-18(17)27-2)9-6-12-23(28(24,25)19(20,21)22)14-16-7-4-3-5-8-16/h3-11,13H,12,14H2,1-2H3/b9-6+. The molecule has 0 saturated heterocycles. The van der Waals surface area contributed by atoms with Crippen LogP contribution in [-0.4, -0.2) is 39.0 Å². The second-order valence-electron chi connectivity index (χ2n) is 5.75. The lowest BCUT2D eigenvalue weighted by Crippen LogP contribution is -2.40. The highest BCUT2D eigenvalue weighted by molar-refractivity contribution is 7.89. The molecule has 0 spiro atoms. The van der Waals surface area contributed by atoms with Crippen LogP contribution in [0.1, 0.15) is 11.1 Å². The number of alkyl halides is 3. The third kappa shape index (κ3) is 5.26. The molecule has 0 aliphatic heterocycles. The van der Waals surface area contributed by atoms with Crippen molar-refractivity contribution in [1.29, 1.82) is 0 Å². The number of nitrogens with zero attached hydrogens (tertiary/aromatic N) is 1. The van der Waals surface area contributed by atoms with E-state index in [0.717, 1.165) is 0 Å². The molecule has 0 aliphatic carbocycles. The Hall–Kier alpha value is -2.52. The van der Waals surface area contributed by atoms with Crippen molar-refractivity contribution in [3.63, 3.8) is 0 Å². The fraction of sp³-hybridized carbons (Fsp3) is 0.263. The first-order valence-corrected chi connectivity index (χ1v) is 9.62. The molecule has 2 aromatic carbocycles. The van der Waals surface area contributed by atoms with Crippen molar-refractivity contribution in [1.82, 2.24) is 4.31 Å². The zero-order valence-corrected chi connectivity index (χ0v) is 16.1. The van der Waals surface area contributed by atoms with Gasteiger partial charge in [-0.25, -0.2) is 8.42 Å². The summed E-state index contributed by atoms with van der Waals surface area (Å²) in [5.74, 6) is 0.957. The number of rotatable bonds is 8. The Morgan fingerprint density at radius 2 is 1.64 bits per heavy atom. The molecule has 0 heterocycles. The van der Waals surface area contributed by atoms with Gasteiger partial charge in [-0.15, -0.1) is 0 Å². The van der Waals surface area contributed by atoms with E-state index in [1.807, 2.05) is 0 Å². The van der Waals surface area contributed by atoms with E-state index in [9.17, 15) is 21.6 Å². The third-order valence-electron chi connectivity index (χ3n) is 3.86. The van der Waals surface area contributed by atoms with Gasteiger partial charge in [0.05, 0.1) is 14.2 Å². The van der Waals surface area contributed by atoms with E-state index >= 15 is 0 Å². The maximum absolute atomic E-state index is 13.0. The Morgan fingerprint density at radius 3 is 2.21 bits per heavy atom. The number of hydrogen-bond acceptors (Lipinski definition) is 4. The Kier molecular flexibility index (Phi) is 7.09. The van der Waals surface area contributed by atoms with Gasteiger partial charge in [0.2, 0.25) is 0 Å². The molecule has 2 rings (SSSR count). The van der Waals surface area contributed by atoms with Crippen molar-refractivity contribution in [2.45, 2.75) is 12.1 Å². The number of benzene rings is 2. The van der Waals surface area contributed by atoms with Gasteiger partial charge in [-0.3, -0.25) is 0 Å². The topological polar surface area (TPSA) is 55.8 Å². The second kappa shape index (κ2) is 9.11. The number of sulfonamides is 1. The van der Waals surface area contributed by atoms with Crippen molar-refractivity contribution >= 4 is 16.1 Å². The van der Waals surface area contributed by atoms with Crippen LogP contribution >= 0.6 is 0 Å². The summed E-state index contributed by atoms with van der Waals surface area (Å²) in [5.41, 5.74) is -4.30. The SMILES string of the molecule is COc1ccc(/C=C/CN(Cc2ccccc2)S(=O)(=O)C(F)(F)F)cc1OC. The molecule has 0 atom stereocenters. The van der Waals surface area contributed by atoms with Crippen molar-refractivity contribution in [2.75, 3.05) is 20.8 Å². The number of hydrogen-bond donors (Lipinski definition) is 0. The molecule has 28 heavy (non-hydrogen) atoms. The van der Waals surface area contributed by atoms with Gasteiger partial charge in [0.1, 0.15) is 0 Å². The fourth-order valence-corrected chi connectivity index (χ4v) is 3.34. The van der Waals surface area contributed by atoms with E-state index in [-0.39, 0.29) is 6.54 Å². The molecule has 0 radical (unpaired) electrons. The highest BCUT2D eigenvalue weighted by Crippen LogP contribution is 2.29. The molecule has 9 heteroatoms. The van der Waals surface area contributed by atoms with Crippen LogP contribution in [0.15, 0.2) is 54.6 Å². The number of halogens is 3. The van der Waals surface area contributed by atoms with Crippen LogP contribution in [0.3, 0.4) is 0 Å². The summed E-state index contributed by atoms with van der Waals surface area (Å²) in [6, 6.07) is 13.1. The Bertz CT molecular complexity index is 913. The second-order valence-corrected chi connectivity index (χ2v) is 7.68. The zero-order chi connectivity index (χ0) is 20.8. The molecule has 2 aromatic rings. The molecule has 0 bridgehead atoms. The number of methoxy groups -OCH3 is 2. The van der Waals surface area contributed by atoms with E-state index in [4.69, 9.17) is 9.47 Å². The minimum absolute atomic E-state index is 0.388. The summed E-state index contributed by atoms with van der Waals surface area (Å²) in [5, 5.41) is 0. The first-order chi connectivity index (χ1) is 13.2. The predicted octanol–water partition coefficient (Wildman–Crippen LogP) is 4.07. The Labute approximate surface area is 162 Å². The molecule has 0 unspecified atom stereocenters. The Morgan fingerprint density at radius 1 is 1.00 bits per heavy atom. The van der Waals surface area contributed by atoms with Crippen LogP contribution in [0, 0.1) is 0 Å². The first kappa shape index (κ1) is 21.8. The van der Waals surface area contributed by atoms with Crippen molar-refractivity contribution in [3.05, 3.63) is 65.7 Å². The van der Waals surface area contributed by atoms with Crippen LogP contribution in [0.2, 0.25) is 0 Å². The molecule has 0 amide bonds. The lowest BCUT2D eigenvalue weighted by molar-refractivity contribution is -0.0488. The molecular weight excluding hydrogens is 395 g/mol. The van der Waals surface area contributed by atoms with Crippen molar-refractivity contribution in [2.24, 2.45) is 0 Å². The first-order valence-electron chi connectivity index (χ1n) is 8.18. The van der Waals surface area contributed by atoms with Crippen LogP contribution < -0.4 is 9.47 Å². The fourth-order valence-electron chi connectivity index (χ4n) is 2.44. The van der Waals surface area contributed by atoms with Gasteiger partial charge in [-0.05, 0) is 23.3 Å². The third-order valence-corrected chi connectivity index (χ3v) is 5.40. The zero-order valence-electron chi connectivity index (χ0n) is 15.3. The van der Waals surface area contributed by atoms with Crippen molar-refractivity contribution < 1.29 is 31.1 Å². The van der Waals surface area contributed by atoms with E-state index in [2.05, 4.69) is 0 Å². The van der Waals surface area contributed by atoms with Gasteiger partial charge in [0, 0.05) is 13.1 Å². The maximum Gasteiger partial charge on any atom is 0.511 e. The predicted molar refractivity (Wildman–Crippen MR) is 100 cm³/mol. The minimum atomic E-state index is -5.48. The molecule has 152 valence electrons. The molecule has 0 fully saturated rings. The molecule has 0 N–H and O–H groups in total. The van der Waals surface area contributed by atoms with Crippen LogP contribution in [0.25, 0.3) is 6.08 Å². The van der Waals surface area contributed by atoms with E-state index in [0.29, 0.717) is 26.9 Å². The lowest BCUT2D eigenvalue weighted by atomic mass is 10.2. The van der Waals surface area contributed by atoms with Crippen molar-refractivity contribution in [3.8, 4) is 11.5 Å². The molecule has 5 nitrogen and oxygen atoms in total. The summed E-state index contributed by atoms with van der Waals surface area (Å²) in [6.45, 7) is -0.829. The summed E-state index contributed by atoms with van der Waals surface area (Å²) in [7, 11) is -2.53. The molecule has 0 aliphatic rings. The average Bonchev–Trinajstić information content (AvgIpc) is 2.66. The molecule has 0 aromatic heterocycles. The van der Waals surface area contributed by atoms with Gasteiger partial charge < -0.3 is 9.47 Å². The highest BCUT2D eigenvalue weighted by atomic mass is 32.2. The monoisotopic (exact) mass is 415 g/mol. The van der Waals surface area contributed by atoms with E-state index in [1.54, 1.807) is 48.5 Å². The van der Waals surface area contributed by atoms with E-state index in [1.165, 1.54) is 26.4 Å². The van der Waals surface area contributed by atoms with Gasteiger partial charge in [0.15, 0.2) is 11.5 Å². The quantitative estimate of drug-likeness (QED) is 0.652. The summed E-state index contributed by atoms with van der Waals surface area (Å²) in [4.78, 5) is 0. The van der Waals surface area contributed by atoms with E-state index < -0.39 is 22.1 Å². The molecule has 0 saturated carbocycles. The minimum Gasteiger partial charge on any atom is -0.493 e. The highest BCUT2D eigenvalue weighted by Gasteiger charge is 2.49. The van der Waals surface area contributed by atoms with Gasteiger partial charge in [-0.2, -0.15) is 17.5 Å². The van der Waals surface area contributed by atoms with Crippen LogP contribution in [0.5, 0.6) is 11.5 Å². The van der Waals surface area contributed by atoms with Gasteiger partial charge in [0.25, 0.3) is 0 Å². The number of ether oxygens (including phenoxy) is 2. The van der Waals surface area contributed by atoms with Gasteiger partial charge in [-0.1, -0.05) is 48.6 Å². The van der Waals surface area contributed by atoms with Gasteiger partial charge >= 0.3 is 15.5 Å². The lowest BCUT2D eigenvalue weighted by Gasteiger charge is -2.22. The largest absolute Gasteiger partial charge is 0.511 e. The molecular formula is C19H20F3NO4S. The summed E-state index contributed by atoms with van der Waals surface area (Å²) >= 11 is 0. The Balaban J connectivity index is 2.24. The smallest absolute Gasteiger partial charge is 0.493 e. The average molecular weight is 415 g/mol. The van der Waals surface area contributed by atoms with Crippen LogP contribution in [-0.2, 0) is 16.6 Å². The maximum atomic E-state index is 13.0. The summed E-state index contributed by atoms with van der Waals surface area (Å²) in [6.07, 6.45) is 2.87. The summed E-state index contributed by atoms with van der Waals surface area (Å²) < 4.78 is 73.6.